The number of methoxy groups -OCH3 is 2. The summed E-state index contributed by atoms with van der Waals surface area (Å²) in [6, 6.07) is 0. The van der Waals surface area contributed by atoms with Gasteiger partial charge < -0.3 is 19.3 Å². The Labute approximate surface area is 152 Å². The van der Waals surface area contributed by atoms with Crippen LogP contribution >= 0.6 is 0 Å². The number of hydrogen-bond acceptors (Lipinski definition) is 7. The van der Waals surface area contributed by atoms with Crippen molar-refractivity contribution < 1.29 is 23.9 Å². The maximum atomic E-state index is 12.6. The highest BCUT2D eigenvalue weighted by molar-refractivity contribution is 5.93. The Balaban J connectivity index is 1.96. The molecule has 142 valence electrons. The molecule has 9 heteroatoms. The van der Waals surface area contributed by atoms with Crippen LogP contribution in [-0.2, 0) is 14.3 Å². The van der Waals surface area contributed by atoms with Gasteiger partial charge in [-0.1, -0.05) is 0 Å². The molecule has 2 rings (SSSR count). The van der Waals surface area contributed by atoms with Crippen molar-refractivity contribution in [1.82, 2.24) is 19.8 Å². The molecule has 0 saturated carbocycles. The molecule has 0 unspecified atom stereocenters. The van der Waals surface area contributed by atoms with Crippen molar-refractivity contribution in [2.75, 3.05) is 47.0 Å². The van der Waals surface area contributed by atoms with Gasteiger partial charge in [0, 0.05) is 33.3 Å². The van der Waals surface area contributed by atoms with Crippen molar-refractivity contribution in [3.05, 3.63) is 23.8 Å². The van der Waals surface area contributed by atoms with E-state index in [2.05, 4.69) is 14.7 Å². The van der Waals surface area contributed by atoms with Gasteiger partial charge in [0.1, 0.15) is 5.69 Å². The Bertz CT molecular complexity index is 666. The number of amides is 2. The lowest BCUT2D eigenvalue weighted by atomic mass is 9.92. The number of ether oxygens (including phenoxy) is 2. The van der Waals surface area contributed by atoms with E-state index in [9.17, 15) is 14.4 Å². The molecule has 1 saturated heterocycles. The number of aromatic nitrogens is 2. The van der Waals surface area contributed by atoms with E-state index in [0.29, 0.717) is 32.8 Å². The summed E-state index contributed by atoms with van der Waals surface area (Å²) in [5, 5.41) is 0. The summed E-state index contributed by atoms with van der Waals surface area (Å²) in [5.74, 6) is -0.881. The van der Waals surface area contributed by atoms with E-state index in [0.717, 1.165) is 0 Å². The maximum Gasteiger partial charge on any atom is 0.358 e. The highest BCUT2D eigenvalue weighted by Crippen LogP contribution is 2.20. The monoisotopic (exact) mass is 364 g/mol. The summed E-state index contributed by atoms with van der Waals surface area (Å²) in [6.07, 6.45) is 2.47. The van der Waals surface area contributed by atoms with E-state index in [1.807, 2.05) is 13.8 Å². The molecule has 0 atom stereocenters. The van der Waals surface area contributed by atoms with Crippen LogP contribution in [0.4, 0.5) is 0 Å². The van der Waals surface area contributed by atoms with Crippen LogP contribution in [0.15, 0.2) is 12.4 Å². The molecule has 26 heavy (non-hydrogen) atoms. The van der Waals surface area contributed by atoms with Gasteiger partial charge in [0.05, 0.1) is 31.5 Å². The van der Waals surface area contributed by atoms with Gasteiger partial charge in [0.2, 0.25) is 5.91 Å². The van der Waals surface area contributed by atoms with E-state index in [1.165, 1.54) is 19.5 Å². The summed E-state index contributed by atoms with van der Waals surface area (Å²) in [7, 11) is 2.82. The summed E-state index contributed by atoms with van der Waals surface area (Å²) in [6.45, 7) is 5.75. The smallest absolute Gasteiger partial charge is 0.358 e. The number of hydrogen-bond donors (Lipinski definition) is 0. The summed E-state index contributed by atoms with van der Waals surface area (Å²) in [4.78, 5) is 47.7. The van der Waals surface area contributed by atoms with E-state index in [1.54, 1.807) is 16.9 Å². The van der Waals surface area contributed by atoms with Gasteiger partial charge in [-0.25, -0.2) is 14.8 Å². The van der Waals surface area contributed by atoms with Gasteiger partial charge in [-0.15, -0.1) is 0 Å². The molecule has 0 radical (unpaired) electrons. The fourth-order valence-electron chi connectivity index (χ4n) is 2.77. The average molecular weight is 364 g/mol. The standard InChI is InChI=1S/C17H24N4O5/c1-17(2,11-25-3)16(24)21-7-5-20(6-8-21)14(22)12-9-19-13(10-18-12)15(23)26-4/h9-10H,5-8,11H2,1-4H3. The molecule has 2 heterocycles. The molecule has 1 aliphatic heterocycles. The number of esters is 1. The van der Waals surface area contributed by atoms with Crippen molar-refractivity contribution >= 4 is 17.8 Å². The third-order valence-corrected chi connectivity index (χ3v) is 4.20. The molecule has 1 aromatic heterocycles. The predicted octanol–water partition coefficient (Wildman–Crippen LogP) is 0.220. The summed E-state index contributed by atoms with van der Waals surface area (Å²) in [5.41, 5.74) is -0.409. The fraction of sp³-hybridized carbons (Fsp3) is 0.588. The number of carbonyl (C=O) groups is 3. The Morgan fingerprint density at radius 1 is 1.00 bits per heavy atom. The van der Waals surface area contributed by atoms with Crippen molar-refractivity contribution in [3.63, 3.8) is 0 Å². The van der Waals surface area contributed by atoms with Gasteiger partial charge in [0.15, 0.2) is 5.69 Å². The molecule has 0 spiro atoms. The van der Waals surface area contributed by atoms with Crippen LogP contribution < -0.4 is 0 Å². The minimum atomic E-state index is -0.609. The first-order chi connectivity index (χ1) is 12.3. The Morgan fingerprint density at radius 3 is 2.04 bits per heavy atom. The van der Waals surface area contributed by atoms with Crippen LogP contribution in [0, 0.1) is 5.41 Å². The largest absolute Gasteiger partial charge is 0.464 e. The molecular formula is C17H24N4O5. The third kappa shape index (κ3) is 4.34. The number of piperazine rings is 1. The number of nitrogens with zero attached hydrogens (tertiary/aromatic N) is 4. The first-order valence-corrected chi connectivity index (χ1v) is 8.28. The van der Waals surface area contributed by atoms with Crippen molar-refractivity contribution in [3.8, 4) is 0 Å². The topological polar surface area (TPSA) is 102 Å². The van der Waals surface area contributed by atoms with E-state index in [4.69, 9.17) is 4.74 Å². The average Bonchev–Trinajstić information content (AvgIpc) is 2.66. The van der Waals surface area contributed by atoms with Crippen molar-refractivity contribution in [2.24, 2.45) is 5.41 Å². The molecule has 2 amide bonds. The van der Waals surface area contributed by atoms with Crippen LogP contribution in [0.2, 0.25) is 0 Å². The lowest BCUT2D eigenvalue weighted by Gasteiger charge is -2.38. The quantitative estimate of drug-likeness (QED) is 0.689. The van der Waals surface area contributed by atoms with Gasteiger partial charge in [-0.2, -0.15) is 0 Å². The van der Waals surface area contributed by atoms with Crippen molar-refractivity contribution in [1.29, 1.82) is 0 Å². The minimum absolute atomic E-state index is 0.00803. The van der Waals surface area contributed by atoms with Crippen LogP contribution in [-0.4, -0.2) is 84.6 Å². The maximum absolute atomic E-state index is 12.6. The zero-order valence-corrected chi connectivity index (χ0v) is 15.5. The van der Waals surface area contributed by atoms with Crippen LogP contribution in [0.5, 0.6) is 0 Å². The van der Waals surface area contributed by atoms with Crippen LogP contribution in [0.3, 0.4) is 0 Å². The lowest BCUT2D eigenvalue weighted by Crippen LogP contribution is -2.54. The highest BCUT2D eigenvalue weighted by atomic mass is 16.5. The zero-order valence-electron chi connectivity index (χ0n) is 15.5. The second-order valence-electron chi connectivity index (χ2n) is 6.68. The molecule has 0 N–H and O–H groups in total. The normalized spacial score (nSPS) is 14.9. The van der Waals surface area contributed by atoms with Gasteiger partial charge >= 0.3 is 5.97 Å². The van der Waals surface area contributed by atoms with E-state index >= 15 is 0 Å². The van der Waals surface area contributed by atoms with Crippen LogP contribution in [0.1, 0.15) is 34.8 Å². The molecule has 1 fully saturated rings. The molecule has 0 aromatic carbocycles. The SMILES string of the molecule is COCC(C)(C)C(=O)N1CCN(C(=O)c2cnc(C(=O)OC)cn2)CC1. The third-order valence-electron chi connectivity index (χ3n) is 4.20. The first-order valence-electron chi connectivity index (χ1n) is 8.28. The molecule has 1 aliphatic rings. The Morgan fingerprint density at radius 2 is 1.54 bits per heavy atom. The van der Waals surface area contributed by atoms with E-state index < -0.39 is 11.4 Å². The second-order valence-corrected chi connectivity index (χ2v) is 6.68. The fourth-order valence-corrected chi connectivity index (χ4v) is 2.77. The molecule has 0 aliphatic carbocycles. The molecular weight excluding hydrogens is 340 g/mol. The molecule has 1 aromatic rings. The second kappa shape index (κ2) is 8.22. The number of carbonyl (C=O) groups excluding carboxylic acids is 3. The zero-order chi connectivity index (χ0) is 19.3. The van der Waals surface area contributed by atoms with Gasteiger partial charge in [-0.05, 0) is 13.8 Å². The lowest BCUT2D eigenvalue weighted by molar-refractivity contribution is -0.144. The summed E-state index contributed by atoms with van der Waals surface area (Å²) >= 11 is 0. The Hall–Kier alpha value is -2.55. The van der Waals surface area contributed by atoms with Crippen LogP contribution in [0.25, 0.3) is 0 Å². The van der Waals surface area contributed by atoms with Gasteiger partial charge in [0.25, 0.3) is 5.91 Å². The predicted molar refractivity (Wildman–Crippen MR) is 91.5 cm³/mol. The van der Waals surface area contributed by atoms with E-state index in [-0.39, 0.29) is 23.2 Å². The number of rotatable bonds is 5. The summed E-state index contributed by atoms with van der Waals surface area (Å²) < 4.78 is 9.66. The molecule has 0 bridgehead atoms. The van der Waals surface area contributed by atoms with Crippen molar-refractivity contribution in [2.45, 2.75) is 13.8 Å². The highest BCUT2D eigenvalue weighted by Gasteiger charge is 2.34. The minimum Gasteiger partial charge on any atom is -0.464 e. The Kier molecular flexibility index (Phi) is 6.25. The van der Waals surface area contributed by atoms with Gasteiger partial charge in [-0.3, -0.25) is 9.59 Å². The first kappa shape index (κ1) is 19.8. The molecule has 9 nitrogen and oxygen atoms in total.